The van der Waals surface area contributed by atoms with Crippen molar-refractivity contribution in [2.75, 3.05) is 36.4 Å². The zero-order valence-corrected chi connectivity index (χ0v) is 19.8. The average Bonchev–Trinajstić information content (AvgIpc) is 3.31. The van der Waals surface area contributed by atoms with Crippen molar-refractivity contribution in [3.63, 3.8) is 0 Å². The summed E-state index contributed by atoms with van der Waals surface area (Å²) in [7, 11) is 0. The zero-order chi connectivity index (χ0) is 22.7. The Labute approximate surface area is 196 Å². The van der Waals surface area contributed by atoms with Crippen LogP contribution in [0, 0.1) is 0 Å². The molecule has 0 saturated carbocycles. The van der Waals surface area contributed by atoms with Gasteiger partial charge in [-0.2, -0.15) is 0 Å². The zero-order valence-electron chi connectivity index (χ0n) is 18.2. The largest absolute Gasteiger partial charge is 0.359 e. The molecule has 8 heteroatoms. The molecule has 170 valence electrons. The number of fused-ring (bicyclic) bond motifs is 1. The Balaban J connectivity index is 1.63. The van der Waals surface area contributed by atoms with Crippen LogP contribution in [0.4, 0.5) is 16.2 Å². The quantitative estimate of drug-likeness (QED) is 0.504. The van der Waals surface area contributed by atoms with Crippen LogP contribution in [-0.2, 0) is 16.9 Å². The van der Waals surface area contributed by atoms with Crippen LogP contribution < -0.4 is 15.5 Å². The van der Waals surface area contributed by atoms with Crippen molar-refractivity contribution in [3.8, 4) is 0 Å². The van der Waals surface area contributed by atoms with Crippen LogP contribution in [0.2, 0.25) is 0 Å². The third kappa shape index (κ3) is 4.40. The van der Waals surface area contributed by atoms with Crippen LogP contribution >= 0.6 is 15.9 Å². The van der Waals surface area contributed by atoms with Crippen molar-refractivity contribution in [3.05, 3.63) is 58.1 Å². The second kappa shape index (κ2) is 9.60. The Morgan fingerprint density at radius 3 is 2.59 bits per heavy atom. The standard InChI is InChI=1S/C24H29BrN4O3/c1-2-17-6-9-19(10-7-17)29-23(31)27-21-11-8-18(25)16-20(21)24(29,32)22(30)26-12-5-15-28-13-3-4-14-28/h6-11,16,32H,2-5,12-15H2,1H3,(H,26,30)(H,27,31)/t24-/m1/s1. The average molecular weight is 501 g/mol. The molecule has 1 saturated heterocycles. The van der Waals surface area contributed by atoms with E-state index < -0.39 is 17.7 Å². The molecule has 1 fully saturated rings. The number of aliphatic hydroxyl groups is 1. The number of carbonyl (C=O) groups is 2. The van der Waals surface area contributed by atoms with E-state index in [0.29, 0.717) is 28.0 Å². The molecule has 7 nitrogen and oxygen atoms in total. The van der Waals surface area contributed by atoms with Crippen LogP contribution in [0.15, 0.2) is 46.9 Å². The van der Waals surface area contributed by atoms with Crippen LogP contribution in [-0.4, -0.2) is 48.1 Å². The Morgan fingerprint density at radius 2 is 1.91 bits per heavy atom. The Kier molecular flexibility index (Phi) is 6.83. The summed E-state index contributed by atoms with van der Waals surface area (Å²) in [6.45, 7) is 5.57. The molecule has 2 aromatic rings. The SMILES string of the molecule is CCc1ccc(N2C(=O)Nc3ccc(Br)cc3[C@@]2(O)C(=O)NCCCN2CCCC2)cc1. The monoisotopic (exact) mass is 500 g/mol. The highest BCUT2D eigenvalue weighted by atomic mass is 79.9. The van der Waals surface area contributed by atoms with E-state index in [1.165, 1.54) is 12.8 Å². The summed E-state index contributed by atoms with van der Waals surface area (Å²) in [5.41, 5.74) is 0.102. The molecule has 0 radical (unpaired) electrons. The summed E-state index contributed by atoms with van der Waals surface area (Å²) in [5.74, 6) is -0.618. The molecule has 0 spiro atoms. The first-order valence-electron chi connectivity index (χ1n) is 11.2. The fourth-order valence-electron chi connectivity index (χ4n) is 4.40. The molecule has 4 rings (SSSR count). The van der Waals surface area contributed by atoms with E-state index in [4.69, 9.17) is 0 Å². The summed E-state index contributed by atoms with van der Waals surface area (Å²) in [6.07, 6.45) is 4.08. The molecule has 0 unspecified atom stereocenters. The Hall–Kier alpha value is -2.42. The van der Waals surface area contributed by atoms with Gasteiger partial charge in [-0.3, -0.25) is 9.69 Å². The Bertz CT molecular complexity index is 991. The molecule has 0 bridgehead atoms. The topological polar surface area (TPSA) is 84.9 Å². The van der Waals surface area contributed by atoms with E-state index in [9.17, 15) is 14.7 Å². The maximum Gasteiger partial charge on any atom is 0.329 e. The van der Waals surface area contributed by atoms with E-state index >= 15 is 0 Å². The summed E-state index contributed by atoms with van der Waals surface area (Å²) < 4.78 is 0.703. The molecule has 0 aromatic heterocycles. The fraction of sp³-hybridized carbons (Fsp3) is 0.417. The third-order valence-electron chi connectivity index (χ3n) is 6.18. The van der Waals surface area contributed by atoms with E-state index in [1.54, 1.807) is 30.3 Å². The lowest BCUT2D eigenvalue weighted by molar-refractivity contribution is -0.140. The number of aryl methyl sites for hydroxylation is 1. The molecule has 2 aliphatic rings. The summed E-state index contributed by atoms with van der Waals surface area (Å²) in [6, 6.07) is 11.9. The van der Waals surface area contributed by atoms with Gasteiger partial charge in [0, 0.05) is 22.3 Å². The number of amides is 3. The van der Waals surface area contributed by atoms with Gasteiger partial charge in [0.1, 0.15) is 0 Å². The van der Waals surface area contributed by atoms with Crippen molar-refractivity contribution >= 4 is 39.2 Å². The lowest BCUT2D eigenvalue weighted by atomic mass is 9.94. The van der Waals surface area contributed by atoms with Gasteiger partial charge in [0.05, 0.1) is 5.69 Å². The number of nitrogens with zero attached hydrogens (tertiary/aromatic N) is 2. The number of rotatable bonds is 7. The minimum absolute atomic E-state index is 0.322. The smallest absolute Gasteiger partial charge is 0.329 e. The van der Waals surface area contributed by atoms with E-state index in [1.807, 2.05) is 19.1 Å². The predicted octanol–water partition coefficient (Wildman–Crippen LogP) is 3.81. The maximum absolute atomic E-state index is 13.4. The van der Waals surface area contributed by atoms with Crippen LogP contribution in [0.25, 0.3) is 0 Å². The lowest BCUT2D eigenvalue weighted by Gasteiger charge is -2.42. The maximum atomic E-state index is 13.4. The molecule has 3 N–H and O–H groups in total. The van der Waals surface area contributed by atoms with E-state index in [-0.39, 0.29) is 0 Å². The summed E-state index contributed by atoms with van der Waals surface area (Å²) in [5, 5.41) is 17.5. The number of nitrogens with one attached hydrogen (secondary N) is 2. The fourth-order valence-corrected chi connectivity index (χ4v) is 4.76. The van der Waals surface area contributed by atoms with Crippen molar-refractivity contribution in [2.24, 2.45) is 0 Å². The van der Waals surface area contributed by atoms with Gasteiger partial charge in [0.15, 0.2) is 0 Å². The normalized spacial score (nSPS) is 20.7. The van der Waals surface area contributed by atoms with Gasteiger partial charge in [-0.1, -0.05) is 35.0 Å². The number of benzene rings is 2. The van der Waals surface area contributed by atoms with Crippen LogP contribution in [0.3, 0.4) is 0 Å². The highest BCUT2D eigenvalue weighted by Gasteiger charge is 2.52. The van der Waals surface area contributed by atoms with Gasteiger partial charge in [-0.05, 0) is 81.2 Å². The molecular weight excluding hydrogens is 472 g/mol. The summed E-state index contributed by atoms with van der Waals surface area (Å²) >= 11 is 3.42. The number of hydrogen-bond donors (Lipinski definition) is 3. The second-order valence-corrected chi connectivity index (χ2v) is 9.22. The first-order chi connectivity index (χ1) is 15.4. The van der Waals surface area contributed by atoms with Crippen molar-refractivity contribution in [1.82, 2.24) is 10.2 Å². The predicted molar refractivity (Wildman–Crippen MR) is 129 cm³/mol. The van der Waals surface area contributed by atoms with E-state index in [2.05, 4.69) is 31.5 Å². The molecule has 1 atom stereocenters. The van der Waals surface area contributed by atoms with Gasteiger partial charge in [-0.25, -0.2) is 4.79 Å². The molecule has 3 amide bonds. The number of carbonyl (C=O) groups excluding carboxylic acids is 2. The first-order valence-corrected chi connectivity index (χ1v) is 12.0. The van der Waals surface area contributed by atoms with Crippen molar-refractivity contribution < 1.29 is 14.7 Å². The molecule has 2 heterocycles. The lowest BCUT2D eigenvalue weighted by Crippen LogP contribution is -2.62. The second-order valence-electron chi connectivity index (χ2n) is 8.31. The molecule has 2 aromatic carbocycles. The van der Waals surface area contributed by atoms with Gasteiger partial charge in [0.25, 0.3) is 11.6 Å². The number of likely N-dealkylation sites (tertiary alicyclic amines) is 1. The number of hydrogen-bond acceptors (Lipinski definition) is 4. The van der Waals surface area contributed by atoms with E-state index in [0.717, 1.165) is 42.9 Å². The molecular formula is C24H29BrN4O3. The molecule has 32 heavy (non-hydrogen) atoms. The molecule has 0 aliphatic carbocycles. The van der Waals surface area contributed by atoms with Crippen molar-refractivity contribution in [1.29, 1.82) is 0 Å². The first kappa shape index (κ1) is 22.8. The van der Waals surface area contributed by atoms with Gasteiger partial charge in [0.2, 0.25) is 0 Å². The minimum atomic E-state index is -2.18. The minimum Gasteiger partial charge on any atom is -0.359 e. The summed E-state index contributed by atoms with van der Waals surface area (Å²) in [4.78, 5) is 30.0. The highest BCUT2D eigenvalue weighted by molar-refractivity contribution is 9.10. The highest BCUT2D eigenvalue weighted by Crippen LogP contribution is 2.41. The molecule has 2 aliphatic heterocycles. The Morgan fingerprint density at radius 1 is 1.19 bits per heavy atom. The number of halogens is 1. The van der Waals surface area contributed by atoms with Crippen molar-refractivity contribution in [2.45, 2.75) is 38.3 Å². The third-order valence-corrected chi connectivity index (χ3v) is 6.67. The van der Waals surface area contributed by atoms with Crippen LogP contribution in [0.5, 0.6) is 0 Å². The number of anilines is 2. The van der Waals surface area contributed by atoms with Crippen LogP contribution in [0.1, 0.15) is 37.3 Å². The van der Waals surface area contributed by atoms with Gasteiger partial charge < -0.3 is 20.6 Å². The van der Waals surface area contributed by atoms with Gasteiger partial charge in [-0.15, -0.1) is 0 Å². The number of urea groups is 1. The van der Waals surface area contributed by atoms with Gasteiger partial charge >= 0.3 is 6.03 Å².